The molecule has 2 aromatic rings. The van der Waals surface area contributed by atoms with Gasteiger partial charge in [0.25, 0.3) is 0 Å². The van der Waals surface area contributed by atoms with E-state index in [0.29, 0.717) is 17.9 Å². The number of anilines is 1. The van der Waals surface area contributed by atoms with Crippen molar-refractivity contribution in [1.82, 2.24) is 9.97 Å². The molecule has 2 heterocycles. The number of sulfonamides is 1. The van der Waals surface area contributed by atoms with E-state index in [1.807, 2.05) is 12.2 Å². The molecule has 0 spiro atoms. The lowest BCUT2D eigenvalue weighted by Crippen LogP contribution is -2.35. The van der Waals surface area contributed by atoms with E-state index in [9.17, 15) is 21.6 Å². The maximum atomic E-state index is 12.7. The van der Waals surface area contributed by atoms with Crippen LogP contribution in [-0.4, -0.2) is 49.3 Å². The normalized spacial score (nSPS) is 19.9. The second kappa shape index (κ2) is 8.32. The first-order chi connectivity index (χ1) is 15.7. The van der Waals surface area contributed by atoms with Crippen molar-refractivity contribution >= 4 is 37.4 Å². The van der Waals surface area contributed by atoms with Gasteiger partial charge in [-0.2, -0.15) is 0 Å². The number of ketones is 1. The standard InChI is InChI=1S/C23H25N3O5S2/c27-21(15-4-5-15)14-22-24-20-3-1-2-19(20)23(25-22)16-6-8-17(9-7-16)26-33(30,31)18-10-12-32(28,29)13-11-18/h1-2,6-9,15,18,26H,3-5,10-14H2. The first-order valence-corrected chi connectivity index (χ1v) is 14.5. The summed E-state index contributed by atoms with van der Waals surface area (Å²) in [5, 5.41) is -0.720. The van der Waals surface area contributed by atoms with E-state index >= 15 is 0 Å². The van der Waals surface area contributed by atoms with Crippen LogP contribution in [-0.2, 0) is 37.5 Å². The molecule has 1 saturated carbocycles. The number of carbonyl (C=O) groups is 1. The van der Waals surface area contributed by atoms with Gasteiger partial charge in [0.1, 0.15) is 21.4 Å². The highest BCUT2D eigenvalue weighted by atomic mass is 32.2. The molecular weight excluding hydrogens is 462 g/mol. The molecule has 2 fully saturated rings. The third kappa shape index (κ3) is 4.86. The van der Waals surface area contributed by atoms with Crippen molar-refractivity contribution < 1.29 is 21.6 Å². The highest BCUT2D eigenvalue weighted by Gasteiger charge is 2.33. The van der Waals surface area contributed by atoms with Gasteiger partial charge < -0.3 is 0 Å². The van der Waals surface area contributed by atoms with Gasteiger partial charge in [-0.05, 0) is 37.8 Å². The van der Waals surface area contributed by atoms with Crippen LogP contribution in [0.5, 0.6) is 0 Å². The lowest BCUT2D eigenvalue weighted by Gasteiger charge is -2.22. The quantitative estimate of drug-likeness (QED) is 0.637. The van der Waals surface area contributed by atoms with Gasteiger partial charge in [-0.3, -0.25) is 9.52 Å². The van der Waals surface area contributed by atoms with Crippen LogP contribution >= 0.6 is 0 Å². The van der Waals surface area contributed by atoms with Gasteiger partial charge in [0.05, 0.1) is 34.6 Å². The predicted molar refractivity (Wildman–Crippen MR) is 126 cm³/mol. The van der Waals surface area contributed by atoms with Crippen LogP contribution in [0, 0.1) is 5.92 Å². The van der Waals surface area contributed by atoms with Crippen molar-refractivity contribution in [2.75, 3.05) is 16.2 Å². The van der Waals surface area contributed by atoms with Crippen LogP contribution in [0.2, 0.25) is 0 Å². The third-order valence-electron chi connectivity index (χ3n) is 6.39. The number of Topliss-reactive ketones (excluding diaryl/α,β-unsaturated/α-hetero) is 1. The number of nitrogens with zero attached hydrogens (tertiary/aromatic N) is 2. The lowest BCUT2D eigenvalue weighted by molar-refractivity contribution is -0.119. The molecule has 0 amide bonds. The third-order valence-corrected chi connectivity index (χ3v) is 9.98. The summed E-state index contributed by atoms with van der Waals surface area (Å²) in [5.41, 5.74) is 3.79. The summed E-state index contributed by atoms with van der Waals surface area (Å²) in [6.45, 7) is 0. The fourth-order valence-corrected chi connectivity index (χ4v) is 7.59. The largest absolute Gasteiger partial charge is 0.299 e. The Morgan fingerprint density at radius 2 is 1.73 bits per heavy atom. The van der Waals surface area contributed by atoms with Crippen molar-refractivity contribution in [3.05, 3.63) is 47.4 Å². The number of hydrogen-bond donors (Lipinski definition) is 1. The molecule has 2 aliphatic carbocycles. The molecule has 0 radical (unpaired) electrons. The molecule has 3 aliphatic rings. The van der Waals surface area contributed by atoms with Crippen molar-refractivity contribution in [1.29, 1.82) is 0 Å². The molecule has 1 N–H and O–H groups in total. The number of allylic oxidation sites excluding steroid dienone is 1. The van der Waals surface area contributed by atoms with Gasteiger partial charge in [-0.25, -0.2) is 26.8 Å². The summed E-state index contributed by atoms with van der Waals surface area (Å²) in [5.74, 6) is 0.665. The molecule has 33 heavy (non-hydrogen) atoms. The average Bonchev–Trinajstić information content (AvgIpc) is 3.51. The molecule has 174 valence electrons. The minimum absolute atomic E-state index is 0.102. The summed E-state index contributed by atoms with van der Waals surface area (Å²) in [4.78, 5) is 21.5. The number of nitrogens with one attached hydrogen (secondary N) is 1. The minimum atomic E-state index is -3.68. The Kier molecular flexibility index (Phi) is 5.60. The highest BCUT2D eigenvalue weighted by Crippen LogP contribution is 2.33. The minimum Gasteiger partial charge on any atom is -0.299 e. The average molecular weight is 488 g/mol. The number of sulfone groups is 1. The molecule has 0 unspecified atom stereocenters. The maximum Gasteiger partial charge on any atom is 0.235 e. The summed E-state index contributed by atoms with van der Waals surface area (Å²) in [7, 11) is -6.82. The van der Waals surface area contributed by atoms with Crippen LogP contribution in [0.3, 0.4) is 0 Å². The van der Waals surface area contributed by atoms with Crippen LogP contribution in [0.15, 0.2) is 30.3 Å². The number of hydrogen-bond acceptors (Lipinski definition) is 7. The van der Waals surface area contributed by atoms with Crippen LogP contribution in [0.1, 0.15) is 42.8 Å². The Hall–Kier alpha value is -2.59. The first kappa shape index (κ1) is 22.2. The van der Waals surface area contributed by atoms with Crippen molar-refractivity contribution in [3.8, 4) is 11.3 Å². The fourth-order valence-electron chi connectivity index (χ4n) is 4.31. The number of benzene rings is 1. The van der Waals surface area contributed by atoms with Crippen LogP contribution in [0.4, 0.5) is 5.69 Å². The monoisotopic (exact) mass is 487 g/mol. The number of aromatic nitrogens is 2. The van der Waals surface area contributed by atoms with Gasteiger partial charge >= 0.3 is 0 Å². The summed E-state index contributed by atoms with van der Waals surface area (Å²) < 4.78 is 51.2. The molecule has 1 aliphatic heterocycles. The summed E-state index contributed by atoms with van der Waals surface area (Å²) in [6, 6.07) is 6.94. The molecule has 8 nitrogen and oxygen atoms in total. The lowest BCUT2D eigenvalue weighted by atomic mass is 10.0. The second-order valence-corrected chi connectivity index (χ2v) is 13.2. The van der Waals surface area contributed by atoms with E-state index in [2.05, 4.69) is 14.7 Å². The van der Waals surface area contributed by atoms with Crippen molar-refractivity contribution in [3.63, 3.8) is 0 Å². The van der Waals surface area contributed by atoms with Gasteiger partial charge in [0.2, 0.25) is 10.0 Å². The number of carbonyl (C=O) groups excluding carboxylic acids is 1. The molecule has 1 aromatic heterocycles. The molecule has 0 atom stereocenters. The smallest absolute Gasteiger partial charge is 0.235 e. The van der Waals surface area contributed by atoms with Gasteiger partial charge in [0, 0.05) is 29.2 Å². The van der Waals surface area contributed by atoms with Crippen molar-refractivity contribution in [2.45, 2.75) is 43.8 Å². The summed E-state index contributed by atoms with van der Waals surface area (Å²) in [6.07, 6.45) is 7.05. The molecule has 1 saturated heterocycles. The van der Waals surface area contributed by atoms with E-state index in [1.165, 1.54) is 0 Å². The molecule has 5 rings (SSSR count). The Morgan fingerprint density at radius 1 is 1.03 bits per heavy atom. The zero-order valence-corrected chi connectivity index (χ0v) is 19.7. The second-order valence-electron chi connectivity index (χ2n) is 8.95. The maximum absolute atomic E-state index is 12.7. The van der Waals surface area contributed by atoms with E-state index in [4.69, 9.17) is 0 Å². The Balaban J connectivity index is 1.35. The predicted octanol–water partition coefficient (Wildman–Crippen LogP) is 2.55. The molecule has 1 aromatic carbocycles. The van der Waals surface area contributed by atoms with Crippen LogP contribution < -0.4 is 4.72 Å². The van der Waals surface area contributed by atoms with Gasteiger partial charge in [0.15, 0.2) is 0 Å². The molecular formula is C23H25N3O5S2. The molecule has 0 bridgehead atoms. The van der Waals surface area contributed by atoms with Gasteiger partial charge in [-0.1, -0.05) is 24.3 Å². The van der Waals surface area contributed by atoms with Crippen LogP contribution in [0.25, 0.3) is 17.3 Å². The molecule has 10 heteroatoms. The Labute approximate surface area is 193 Å². The fraction of sp³-hybridized carbons (Fsp3) is 0.435. The van der Waals surface area contributed by atoms with Gasteiger partial charge in [-0.15, -0.1) is 0 Å². The van der Waals surface area contributed by atoms with E-state index in [1.54, 1.807) is 24.3 Å². The number of rotatable bonds is 7. The first-order valence-electron chi connectivity index (χ1n) is 11.1. The topological polar surface area (TPSA) is 123 Å². The number of fused-ring (bicyclic) bond motifs is 1. The summed E-state index contributed by atoms with van der Waals surface area (Å²) >= 11 is 0. The zero-order valence-electron chi connectivity index (χ0n) is 18.0. The van der Waals surface area contributed by atoms with E-state index in [0.717, 1.165) is 35.4 Å². The van der Waals surface area contributed by atoms with E-state index < -0.39 is 25.1 Å². The SMILES string of the molecule is O=C(Cc1nc2c(c(-c3ccc(NS(=O)(=O)C4CCS(=O)(=O)CC4)cc3)n1)C=CC2)C1CC1. The zero-order chi connectivity index (χ0) is 23.2. The van der Waals surface area contributed by atoms with E-state index in [-0.39, 0.29) is 42.5 Å². The highest BCUT2D eigenvalue weighted by molar-refractivity contribution is 7.94. The Bertz CT molecular complexity index is 1330. The van der Waals surface area contributed by atoms with Crippen molar-refractivity contribution in [2.24, 2.45) is 5.92 Å². The Morgan fingerprint density at radius 3 is 2.39 bits per heavy atom.